The van der Waals surface area contributed by atoms with Crippen molar-refractivity contribution in [1.29, 1.82) is 0 Å². The number of nitrogens with one attached hydrogen (secondary N) is 1. The van der Waals surface area contributed by atoms with Gasteiger partial charge in [-0.3, -0.25) is 9.78 Å². The molecule has 0 unspecified atom stereocenters. The van der Waals surface area contributed by atoms with Crippen molar-refractivity contribution in [1.82, 2.24) is 15.3 Å². The number of carbonyl (C=O) groups is 1. The fourth-order valence-electron chi connectivity index (χ4n) is 1.41. The molecule has 0 aliphatic heterocycles. The van der Waals surface area contributed by atoms with Gasteiger partial charge in [0.2, 0.25) is 0 Å². The predicted octanol–water partition coefficient (Wildman–Crippen LogP) is 2.52. The van der Waals surface area contributed by atoms with E-state index in [9.17, 15) is 4.79 Å². The molecule has 21 heavy (non-hydrogen) atoms. The van der Waals surface area contributed by atoms with Crippen molar-refractivity contribution in [2.75, 3.05) is 6.54 Å². The van der Waals surface area contributed by atoms with E-state index in [1.54, 1.807) is 12.4 Å². The van der Waals surface area contributed by atoms with Crippen molar-refractivity contribution in [3.05, 3.63) is 35.5 Å². The van der Waals surface area contributed by atoms with Gasteiger partial charge in [0.1, 0.15) is 9.88 Å². The molecule has 0 fully saturated rings. The van der Waals surface area contributed by atoms with E-state index in [2.05, 4.69) is 15.3 Å². The monoisotopic (exact) mass is 348 g/mol. The maximum absolute atomic E-state index is 12.0. The summed E-state index contributed by atoms with van der Waals surface area (Å²) in [5.41, 5.74) is 5.94. The molecule has 3 N–H and O–H groups in total. The summed E-state index contributed by atoms with van der Waals surface area (Å²) in [5, 5.41) is 3.61. The second-order valence-electron chi connectivity index (χ2n) is 4.79. The normalized spacial score (nSPS) is 10.2. The van der Waals surface area contributed by atoms with E-state index in [1.807, 2.05) is 32.0 Å². The van der Waals surface area contributed by atoms with Crippen molar-refractivity contribution in [2.24, 2.45) is 5.73 Å². The molecule has 0 aliphatic carbocycles. The number of thiazole rings is 1. The number of amides is 1. The van der Waals surface area contributed by atoms with E-state index in [1.165, 1.54) is 11.3 Å². The Hall–Kier alpha value is -1.21. The van der Waals surface area contributed by atoms with Gasteiger partial charge in [-0.05, 0) is 26.0 Å². The number of hydrogen-bond acceptors (Lipinski definition) is 5. The molecule has 0 aromatic carbocycles. The van der Waals surface area contributed by atoms with Gasteiger partial charge >= 0.3 is 0 Å². The van der Waals surface area contributed by atoms with Crippen molar-refractivity contribution >= 4 is 42.1 Å². The SMILES string of the molecule is CC(C)(CN)NC(=O)c1cnc(-c2ccccn2)s1.Cl.Cl. The number of aromatic nitrogens is 2. The lowest BCUT2D eigenvalue weighted by atomic mass is 10.1. The van der Waals surface area contributed by atoms with Gasteiger partial charge in [-0.2, -0.15) is 0 Å². The number of nitrogens with zero attached hydrogens (tertiary/aromatic N) is 2. The van der Waals surface area contributed by atoms with Crippen molar-refractivity contribution in [2.45, 2.75) is 19.4 Å². The number of pyridine rings is 1. The number of carbonyl (C=O) groups excluding carboxylic acids is 1. The van der Waals surface area contributed by atoms with Crippen molar-refractivity contribution in [3.63, 3.8) is 0 Å². The maximum atomic E-state index is 12.0. The third-order valence-corrected chi connectivity index (χ3v) is 3.59. The minimum Gasteiger partial charge on any atom is -0.345 e. The van der Waals surface area contributed by atoms with Crippen LogP contribution in [0.5, 0.6) is 0 Å². The molecular formula is C13H18Cl2N4OS. The molecular weight excluding hydrogens is 331 g/mol. The summed E-state index contributed by atoms with van der Waals surface area (Å²) in [4.78, 5) is 21.0. The Labute approximate surface area is 140 Å². The van der Waals surface area contributed by atoms with Crippen LogP contribution in [0.3, 0.4) is 0 Å². The quantitative estimate of drug-likeness (QED) is 0.889. The Balaban J connectivity index is 0.00000200. The fourth-order valence-corrected chi connectivity index (χ4v) is 2.19. The van der Waals surface area contributed by atoms with Crippen LogP contribution in [-0.4, -0.2) is 28.0 Å². The summed E-state index contributed by atoms with van der Waals surface area (Å²) in [6.45, 7) is 4.14. The van der Waals surface area contributed by atoms with Crippen molar-refractivity contribution in [3.8, 4) is 10.7 Å². The first kappa shape index (κ1) is 19.8. The van der Waals surface area contributed by atoms with E-state index in [-0.39, 0.29) is 30.7 Å². The average Bonchev–Trinajstić information content (AvgIpc) is 2.89. The Morgan fingerprint density at radius 2 is 2.05 bits per heavy atom. The van der Waals surface area contributed by atoms with E-state index in [0.29, 0.717) is 11.4 Å². The number of hydrogen-bond donors (Lipinski definition) is 2. The van der Waals surface area contributed by atoms with Crippen LogP contribution < -0.4 is 11.1 Å². The zero-order valence-electron chi connectivity index (χ0n) is 11.7. The van der Waals surface area contributed by atoms with Crippen LogP contribution in [0.4, 0.5) is 0 Å². The molecule has 5 nitrogen and oxygen atoms in total. The summed E-state index contributed by atoms with van der Waals surface area (Å²) in [6.07, 6.45) is 3.27. The predicted molar refractivity (Wildman–Crippen MR) is 90.4 cm³/mol. The molecule has 2 rings (SSSR count). The zero-order chi connectivity index (χ0) is 13.9. The van der Waals surface area contributed by atoms with Crippen LogP contribution in [0, 0.1) is 0 Å². The minimum absolute atomic E-state index is 0. The Morgan fingerprint density at radius 1 is 1.33 bits per heavy atom. The average molecular weight is 349 g/mol. The Morgan fingerprint density at radius 3 is 2.62 bits per heavy atom. The van der Waals surface area contributed by atoms with E-state index >= 15 is 0 Å². The first-order valence-corrected chi connectivity index (χ1v) is 6.73. The van der Waals surface area contributed by atoms with Gasteiger partial charge < -0.3 is 11.1 Å². The molecule has 0 saturated carbocycles. The summed E-state index contributed by atoms with van der Waals surface area (Å²) in [6, 6.07) is 5.60. The third kappa shape index (κ3) is 5.24. The van der Waals surface area contributed by atoms with Crippen LogP contribution in [0.2, 0.25) is 0 Å². The molecule has 0 atom stereocenters. The molecule has 0 aliphatic rings. The highest BCUT2D eigenvalue weighted by Gasteiger charge is 2.21. The van der Waals surface area contributed by atoms with Crippen LogP contribution in [0.25, 0.3) is 10.7 Å². The lowest BCUT2D eigenvalue weighted by molar-refractivity contribution is 0.0919. The lowest BCUT2D eigenvalue weighted by Gasteiger charge is -2.23. The molecule has 0 spiro atoms. The summed E-state index contributed by atoms with van der Waals surface area (Å²) >= 11 is 1.32. The van der Waals surface area contributed by atoms with Gasteiger partial charge in [0.05, 0.1) is 11.9 Å². The van der Waals surface area contributed by atoms with Gasteiger partial charge in [0.25, 0.3) is 5.91 Å². The van der Waals surface area contributed by atoms with Gasteiger partial charge in [0, 0.05) is 18.3 Å². The second-order valence-corrected chi connectivity index (χ2v) is 5.82. The molecule has 2 heterocycles. The third-order valence-electron chi connectivity index (χ3n) is 2.58. The molecule has 2 aromatic rings. The molecule has 0 saturated heterocycles. The number of halogens is 2. The standard InChI is InChI=1S/C13H16N4OS.2ClH/c1-13(2,8-14)17-11(18)10-7-16-12(19-10)9-5-3-4-6-15-9;;/h3-7H,8,14H2,1-2H3,(H,17,18);2*1H. The van der Waals surface area contributed by atoms with Gasteiger partial charge in [-0.25, -0.2) is 4.98 Å². The highest BCUT2D eigenvalue weighted by Crippen LogP contribution is 2.23. The zero-order valence-corrected chi connectivity index (χ0v) is 14.1. The van der Waals surface area contributed by atoms with E-state index in [4.69, 9.17) is 5.73 Å². The first-order chi connectivity index (χ1) is 9.02. The fraction of sp³-hybridized carbons (Fsp3) is 0.308. The topological polar surface area (TPSA) is 80.9 Å². The Bertz CT molecular complexity index is 575. The van der Waals surface area contributed by atoms with E-state index in [0.717, 1.165) is 10.7 Å². The first-order valence-electron chi connectivity index (χ1n) is 5.92. The van der Waals surface area contributed by atoms with E-state index < -0.39 is 5.54 Å². The minimum atomic E-state index is -0.424. The summed E-state index contributed by atoms with van der Waals surface area (Å²) in [7, 11) is 0. The van der Waals surface area contributed by atoms with Crippen LogP contribution >= 0.6 is 36.2 Å². The Kier molecular flexibility index (Phi) is 7.81. The second kappa shape index (κ2) is 8.29. The van der Waals surface area contributed by atoms with Gasteiger partial charge in [-0.15, -0.1) is 36.2 Å². The number of rotatable bonds is 4. The maximum Gasteiger partial charge on any atom is 0.263 e. The van der Waals surface area contributed by atoms with Gasteiger partial charge in [-0.1, -0.05) is 6.07 Å². The van der Waals surface area contributed by atoms with Crippen LogP contribution in [0.1, 0.15) is 23.5 Å². The van der Waals surface area contributed by atoms with Crippen molar-refractivity contribution < 1.29 is 4.79 Å². The lowest BCUT2D eigenvalue weighted by Crippen LogP contribution is -2.48. The summed E-state index contributed by atoms with van der Waals surface area (Å²) in [5.74, 6) is -0.157. The van der Waals surface area contributed by atoms with Crippen LogP contribution in [0.15, 0.2) is 30.6 Å². The molecule has 1 amide bonds. The molecule has 116 valence electrons. The molecule has 8 heteroatoms. The summed E-state index contributed by atoms with van der Waals surface area (Å²) < 4.78 is 0. The van der Waals surface area contributed by atoms with Gasteiger partial charge in [0.15, 0.2) is 0 Å². The molecule has 0 radical (unpaired) electrons. The smallest absolute Gasteiger partial charge is 0.263 e. The largest absolute Gasteiger partial charge is 0.345 e. The molecule has 0 bridgehead atoms. The number of nitrogens with two attached hydrogens (primary N) is 1. The highest BCUT2D eigenvalue weighted by molar-refractivity contribution is 7.16. The highest BCUT2D eigenvalue weighted by atomic mass is 35.5. The van der Waals surface area contributed by atoms with Crippen LogP contribution in [-0.2, 0) is 0 Å². The molecule has 2 aromatic heterocycles.